The Labute approximate surface area is 149 Å². The van der Waals surface area contributed by atoms with E-state index in [4.69, 9.17) is 21.4 Å². The second-order valence-electron chi connectivity index (χ2n) is 5.83. The molecule has 4 nitrogen and oxygen atoms in total. The number of hydrogen-bond donors (Lipinski definition) is 1. The summed E-state index contributed by atoms with van der Waals surface area (Å²) < 4.78 is 21.0. The quantitative estimate of drug-likeness (QED) is 0.708. The van der Waals surface area contributed by atoms with Gasteiger partial charge in [-0.1, -0.05) is 23.7 Å². The van der Waals surface area contributed by atoms with Gasteiger partial charge in [-0.15, -0.1) is 0 Å². The van der Waals surface area contributed by atoms with Crippen LogP contribution < -0.4 is 0 Å². The average Bonchev–Trinajstić information content (AvgIpc) is 2.82. The fourth-order valence-corrected chi connectivity index (χ4v) is 3.05. The van der Waals surface area contributed by atoms with E-state index in [0.29, 0.717) is 11.6 Å². The number of carbonyl (C=O) groups is 1. The molecule has 1 aromatic heterocycles. The lowest BCUT2D eigenvalue weighted by Crippen LogP contribution is -2.11. The first-order valence-electron chi connectivity index (χ1n) is 7.77. The van der Waals surface area contributed by atoms with Gasteiger partial charge in [-0.05, 0) is 48.4 Å². The highest BCUT2D eigenvalue weighted by Crippen LogP contribution is 2.28. The Bertz CT molecular complexity index is 919. The molecule has 0 aliphatic rings. The lowest BCUT2D eigenvalue weighted by molar-refractivity contribution is -0.142. The molecular weight excluding hydrogens is 345 g/mol. The van der Waals surface area contributed by atoms with E-state index in [1.54, 1.807) is 6.07 Å². The molecule has 0 unspecified atom stereocenters. The minimum atomic E-state index is -1.02. The van der Waals surface area contributed by atoms with Crippen molar-refractivity contribution in [2.45, 2.75) is 20.1 Å². The van der Waals surface area contributed by atoms with Crippen molar-refractivity contribution < 1.29 is 19.0 Å². The molecule has 0 spiro atoms. The molecule has 1 heterocycles. The van der Waals surface area contributed by atoms with Crippen molar-refractivity contribution in [3.8, 4) is 0 Å². The van der Waals surface area contributed by atoms with Gasteiger partial charge in [0.25, 0.3) is 0 Å². The van der Waals surface area contributed by atoms with Crippen LogP contribution in [0.1, 0.15) is 16.8 Å². The number of carboxylic acids is 1. The van der Waals surface area contributed by atoms with Gasteiger partial charge in [0.2, 0.25) is 0 Å². The Balaban J connectivity index is 2.03. The molecule has 130 valence electrons. The number of aromatic nitrogens is 1. The number of ether oxygens (including phenoxy) is 1. The number of fused-ring (bicyclic) bond motifs is 1. The number of aryl methyl sites for hydroxylation is 1. The molecule has 0 saturated carbocycles. The maximum atomic E-state index is 13.7. The third-order valence-corrected chi connectivity index (χ3v) is 4.38. The van der Waals surface area contributed by atoms with Crippen molar-refractivity contribution in [1.82, 2.24) is 4.57 Å². The maximum Gasteiger partial charge on any atom is 0.329 e. The summed E-state index contributed by atoms with van der Waals surface area (Å²) in [5, 5.41) is 10.2. The van der Waals surface area contributed by atoms with Gasteiger partial charge < -0.3 is 14.4 Å². The van der Waals surface area contributed by atoms with E-state index in [0.717, 1.165) is 27.7 Å². The first kappa shape index (κ1) is 17.5. The van der Waals surface area contributed by atoms with Crippen molar-refractivity contribution in [1.29, 1.82) is 0 Å². The predicted octanol–water partition coefficient (Wildman–Crippen LogP) is 4.39. The molecule has 6 heteroatoms. The summed E-state index contributed by atoms with van der Waals surface area (Å²) >= 11 is 5.94. The van der Waals surface area contributed by atoms with Crippen molar-refractivity contribution in [2.24, 2.45) is 0 Å². The standard InChI is InChI=1S/C19H17ClFNO3/c1-12-16-8-15(21)6-7-17(16)22(18(12)10-25-11-19(23)24)9-13-2-4-14(20)5-3-13/h2-8H,9-11H2,1H3,(H,23,24). The third-order valence-electron chi connectivity index (χ3n) is 4.13. The zero-order valence-electron chi connectivity index (χ0n) is 13.6. The van der Waals surface area contributed by atoms with E-state index in [-0.39, 0.29) is 19.0 Å². The van der Waals surface area contributed by atoms with Crippen molar-refractivity contribution in [3.05, 3.63) is 70.1 Å². The largest absolute Gasteiger partial charge is 0.480 e. The van der Waals surface area contributed by atoms with Crippen LogP contribution in [0, 0.1) is 12.7 Å². The minimum Gasteiger partial charge on any atom is -0.480 e. The molecule has 3 rings (SSSR count). The molecule has 0 radical (unpaired) electrons. The molecule has 0 fully saturated rings. The van der Waals surface area contributed by atoms with Crippen LogP contribution in [0.4, 0.5) is 4.39 Å². The van der Waals surface area contributed by atoms with Crippen LogP contribution in [0.15, 0.2) is 42.5 Å². The molecule has 0 saturated heterocycles. The molecule has 3 aromatic rings. The van der Waals surface area contributed by atoms with Crippen LogP contribution in [0.25, 0.3) is 10.9 Å². The summed E-state index contributed by atoms with van der Waals surface area (Å²) in [6, 6.07) is 12.1. The number of halogens is 2. The Hall–Kier alpha value is -2.37. The van der Waals surface area contributed by atoms with Crippen LogP contribution in [-0.2, 0) is 22.7 Å². The van der Waals surface area contributed by atoms with Gasteiger partial charge in [0.05, 0.1) is 6.61 Å². The molecular formula is C19H17ClFNO3. The summed E-state index contributed by atoms with van der Waals surface area (Å²) in [7, 11) is 0. The van der Waals surface area contributed by atoms with Crippen LogP contribution >= 0.6 is 11.6 Å². The van der Waals surface area contributed by atoms with Crippen LogP contribution in [0.5, 0.6) is 0 Å². The highest BCUT2D eigenvalue weighted by Gasteiger charge is 2.16. The predicted molar refractivity (Wildman–Crippen MR) is 94.5 cm³/mol. The van der Waals surface area contributed by atoms with Crippen LogP contribution in [0.2, 0.25) is 5.02 Å². The number of hydrogen-bond acceptors (Lipinski definition) is 2. The van der Waals surface area contributed by atoms with E-state index in [9.17, 15) is 9.18 Å². The Kier molecular flexibility index (Phi) is 5.06. The summed E-state index contributed by atoms with van der Waals surface area (Å²) in [6.07, 6.45) is 0. The van der Waals surface area contributed by atoms with Crippen LogP contribution in [0.3, 0.4) is 0 Å². The third kappa shape index (κ3) is 3.83. The Morgan fingerprint density at radius 3 is 2.64 bits per heavy atom. The highest BCUT2D eigenvalue weighted by atomic mass is 35.5. The highest BCUT2D eigenvalue weighted by molar-refractivity contribution is 6.30. The molecule has 2 aromatic carbocycles. The van der Waals surface area contributed by atoms with Gasteiger partial charge >= 0.3 is 5.97 Å². The zero-order chi connectivity index (χ0) is 18.0. The van der Waals surface area contributed by atoms with E-state index in [1.165, 1.54) is 12.1 Å². The first-order chi connectivity index (χ1) is 12.0. The lowest BCUT2D eigenvalue weighted by atomic mass is 10.1. The molecule has 0 aliphatic heterocycles. The number of benzene rings is 2. The van der Waals surface area contributed by atoms with Gasteiger partial charge in [0, 0.05) is 28.2 Å². The van der Waals surface area contributed by atoms with Gasteiger partial charge in [-0.25, -0.2) is 9.18 Å². The number of carboxylic acid groups (broad SMARTS) is 1. The van der Waals surface area contributed by atoms with E-state index < -0.39 is 5.97 Å². The fraction of sp³-hybridized carbons (Fsp3) is 0.211. The zero-order valence-corrected chi connectivity index (χ0v) is 14.4. The van der Waals surface area contributed by atoms with Gasteiger partial charge in [-0.2, -0.15) is 0 Å². The second-order valence-corrected chi connectivity index (χ2v) is 6.27. The molecule has 0 atom stereocenters. The van der Waals surface area contributed by atoms with Crippen molar-refractivity contribution in [3.63, 3.8) is 0 Å². The summed E-state index contributed by atoms with van der Waals surface area (Å²) in [5.74, 6) is -1.33. The minimum absolute atomic E-state index is 0.141. The SMILES string of the molecule is Cc1c(COCC(=O)O)n(Cc2ccc(Cl)cc2)c2ccc(F)cc12. The normalized spacial score (nSPS) is 11.2. The maximum absolute atomic E-state index is 13.7. The van der Waals surface area contributed by atoms with Crippen molar-refractivity contribution >= 4 is 28.5 Å². The Morgan fingerprint density at radius 2 is 1.96 bits per heavy atom. The number of nitrogens with zero attached hydrogens (tertiary/aromatic N) is 1. The number of rotatable bonds is 6. The molecule has 0 amide bonds. The van der Waals surface area contributed by atoms with Crippen molar-refractivity contribution in [2.75, 3.05) is 6.61 Å². The molecule has 0 bridgehead atoms. The molecule has 25 heavy (non-hydrogen) atoms. The van der Waals surface area contributed by atoms with Crippen LogP contribution in [-0.4, -0.2) is 22.2 Å². The molecule has 1 N–H and O–H groups in total. The topological polar surface area (TPSA) is 51.5 Å². The number of aliphatic carboxylic acids is 1. The summed E-state index contributed by atoms with van der Waals surface area (Å²) in [5.41, 5.74) is 3.62. The lowest BCUT2D eigenvalue weighted by Gasteiger charge is -2.12. The fourth-order valence-electron chi connectivity index (χ4n) is 2.92. The Morgan fingerprint density at radius 1 is 1.24 bits per heavy atom. The smallest absolute Gasteiger partial charge is 0.329 e. The average molecular weight is 362 g/mol. The van der Waals surface area contributed by atoms with Gasteiger partial charge in [-0.3, -0.25) is 0 Å². The van der Waals surface area contributed by atoms with Gasteiger partial charge in [0.15, 0.2) is 0 Å². The summed E-state index contributed by atoms with van der Waals surface area (Å²) in [6.45, 7) is 2.21. The molecule has 0 aliphatic carbocycles. The summed E-state index contributed by atoms with van der Waals surface area (Å²) in [4.78, 5) is 10.7. The van der Waals surface area contributed by atoms with E-state index >= 15 is 0 Å². The van der Waals surface area contributed by atoms with E-state index in [2.05, 4.69) is 0 Å². The van der Waals surface area contributed by atoms with E-state index in [1.807, 2.05) is 35.8 Å². The van der Waals surface area contributed by atoms with Gasteiger partial charge in [0.1, 0.15) is 12.4 Å². The monoisotopic (exact) mass is 361 g/mol. The first-order valence-corrected chi connectivity index (χ1v) is 8.14. The second kappa shape index (κ2) is 7.25.